The smallest absolute Gasteiger partial charge is 0.115 e. The fraction of sp³-hybridized carbons (Fsp3) is 0.0556. The molecule has 108 valence electrons. The Kier molecular flexibility index (Phi) is 3.16. The predicted octanol–water partition coefficient (Wildman–Crippen LogP) is 4.52. The van der Waals surface area contributed by atoms with Gasteiger partial charge < -0.3 is 9.67 Å². The minimum atomic E-state index is 0.294. The second kappa shape index (κ2) is 5.31. The lowest BCUT2D eigenvalue weighted by molar-refractivity contribution is 0.475. The highest BCUT2D eigenvalue weighted by Gasteiger charge is 2.05. The van der Waals surface area contributed by atoms with Crippen molar-refractivity contribution in [3.05, 3.63) is 72.1 Å². The van der Waals surface area contributed by atoms with Gasteiger partial charge in [-0.1, -0.05) is 18.2 Å². The van der Waals surface area contributed by atoms with Gasteiger partial charge in [-0.2, -0.15) is 0 Å². The molecule has 2 aromatic carbocycles. The Hall–Kier alpha value is -2.59. The third-order valence-electron chi connectivity index (χ3n) is 3.67. The van der Waals surface area contributed by atoms with Gasteiger partial charge in [0.2, 0.25) is 0 Å². The molecule has 0 radical (unpaired) electrons. The second-order valence-electron chi connectivity index (χ2n) is 5.25. The van der Waals surface area contributed by atoms with Crippen LogP contribution >= 0.6 is 11.3 Å². The van der Waals surface area contributed by atoms with Gasteiger partial charge in [0.1, 0.15) is 5.75 Å². The van der Waals surface area contributed by atoms with Crippen LogP contribution in [0.1, 0.15) is 4.88 Å². The summed E-state index contributed by atoms with van der Waals surface area (Å²) in [6.07, 6.45) is 5.62. The molecule has 0 atom stereocenters. The van der Waals surface area contributed by atoms with Crippen molar-refractivity contribution in [2.75, 3.05) is 0 Å². The summed E-state index contributed by atoms with van der Waals surface area (Å²) in [5, 5.41) is 10.7. The van der Waals surface area contributed by atoms with E-state index in [1.807, 2.05) is 36.0 Å². The maximum Gasteiger partial charge on any atom is 0.115 e. The van der Waals surface area contributed by atoms with E-state index in [-0.39, 0.29) is 0 Å². The van der Waals surface area contributed by atoms with Crippen molar-refractivity contribution < 1.29 is 5.11 Å². The Morgan fingerprint density at radius 1 is 1.00 bits per heavy atom. The summed E-state index contributed by atoms with van der Waals surface area (Å²) < 4.78 is 3.36. The van der Waals surface area contributed by atoms with Crippen molar-refractivity contribution in [2.45, 2.75) is 6.54 Å². The Balaban J connectivity index is 1.70. The summed E-state index contributed by atoms with van der Waals surface area (Å²) in [4.78, 5) is 5.40. The van der Waals surface area contributed by atoms with Crippen LogP contribution in [0.2, 0.25) is 0 Å². The Bertz CT molecular complexity index is 908. The Labute approximate surface area is 132 Å². The van der Waals surface area contributed by atoms with Gasteiger partial charge in [0.15, 0.2) is 0 Å². The number of rotatable bonds is 3. The number of aromatic hydroxyl groups is 1. The molecule has 0 aliphatic heterocycles. The number of phenols is 1. The molecule has 3 nitrogen and oxygen atoms in total. The summed E-state index contributed by atoms with van der Waals surface area (Å²) in [5.41, 5.74) is 2.28. The first kappa shape index (κ1) is 13.1. The molecule has 1 N–H and O–H groups in total. The van der Waals surface area contributed by atoms with Gasteiger partial charge >= 0.3 is 0 Å². The van der Waals surface area contributed by atoms with Crippen LogP contribution in [0, 0.1) is 0 Å². The zero-order chi connectivity index (χ0) is 14.9. The molecule has 0 spiro atoms. The lowest BCUT2D eigenvalue weighted by atomic mass is 10.0. The van der Waals surface area contributed by atoms with Crippen LogP contribution in [-0.4, -0.2) is 14.7 Å². The van der Waals surface area contributed by atoms with E-state index in [9.17, 15) is 5.11 Å². The zero-order valence-electron chi connectivity index (χ0n) is 11.8. The van der Waals surface area contributed by atoms with Gasteiger partial charge in [0.25, 0.3) is 0 Å². The number of hydrogen-bond acceptors (Lipinski definition) is 3. The maximum absolute atomic E-state index is 9.40. The first-order valence-electron chi connectivity index (χ1n) is 7.05. The third kappa shape index (κ3) is 2.49. The van der Waals surface area contributed by atoms with E-state index in [0.717, 1.165) is 12.1 Å². The van der Waals surface area contributed by atoms with E-state index in [4.69, 9.17) is 0 Å². The molecule has 0 saturated carbocycles. The number of benzene rings is 2. The molecular formula is C18H14N2OS. The number of fused-ring (bicyclic) bond motifs is 1. The quantitative estimate of drug-likeness (QED) is 0.604. The standard InChI is InChI=1S/C18H14N2OS/c21-16-4-1-13(2-5-16)14-3-6-18-15(9-14)10-17(22-18)11-20-8-7-19-12-20/h1-10,12,21H,11H2. The molecule has 0 amide bonds. The summed E-state index contributed by atoms with van der Waals surface area (Å²) in [5.74, 6) is 0.294. The first-order chi connectivity index (χ1) is 10.8. The van der Waals surface area contributed by atoms with Crippen LogP contribution in [-0.2, 0) is 6.54 Å². The molecule has 0 aliphatic carbocycles. The Morgan fingerprint density at radius 2 is 1.82 bits per heavy atom. The van der Waals surface area contributed by atoms with E-state index >= 15 is 0 Å². The van der Waals surface area contributed by atoms with E-state index in [1.54, 1.807) is 18.3 Å². The van der Waals surface area contributed by atoms with Gasteiger partial charge in [-0.3, -0.25) is 0 Å². The van der Waals surface area contributed by atoms with E-state index in [0.29, 0.717) is 5.75 Å². The van der Waals surface area contributed by atoms with Gasteiger partial charge in [-0.05, 0) is 46.8 Å². The van der Waals surface area contributed by atoms with Crippen molar-refractivity contribution in [1.29, 1.82) is 0 Å². The first-order valence-corrected chi connectivity index (χ1v) is 7.87. The molecule has 4 aromatic rings. The highest BCUT2D eigenvalue weighted by molar-refractivity contribution is 7.19. The van der Waals surface area contributed by atoms with Gasteiger partial charge in [-0.25, -0.2) is 4.98 Å². The van der Waals surface area contributed by atoms with Crippen LogP contribution in [0.25, 0.3) is 21.2 Å². The van der Waals surface area contributed by atoms with E-state index < -0.39 is 0 Å². The summed E-state index contributed by atoms with van der Waals surface area (Å²) in [6.45, 7) is 0.855. The SMILES string of the molecule is Oc1ccc(-c2ccc3sc(Cn4ccnc4)cc3c2)cc1. The lowest BCUT2D eigenvalue weighted by Gasteiger charge is -2.02. The van der Waals surface area contributed by atoms with Crippen LogP contribution in [0.3, 0.4) is 0 Å². The molecular weight excluding hydrogens is 292 g/mol. The van der Waals surface area contributed by atoms with Crippen molar-refractivity contribution in [3.63, 3.8) is 0 Å². The van der Waals surface area contributed by atoms with Crippen LogP contribution in [0.4, 0.5) is 0 Å². The van der Waals surface area contributed by atoms with Crippen molar-refractivity contribution in [3.8, 4) is 16.9 Å². The fourth-order valence-electron chi connectivity index (χ4n) is 2.57. The average molecular weight is 306 g/mol. The van der Waals surface area contributed by atoms with Crippen LogP contribution in [0.5, 0.6) is 5.75 Å². The highest BCUT2D eigenvalue weighted by Crippen LogP contribution is 2.31. The number of phenolic OH excluding ortho intramolecular Hbond substituents is 1. The zero-order valence-corrected chi connectivity index (χ0v) is 12.6. The maximum atomic E-state index is 9.40. The molecule has 0 unspecified atom stereocenters. The van der Waals surface area contributed by atoms with Crippen molar-refractivity contribution in [2.24, 2.45) is 0 Å². The van der Waals surface area contributed by atoms with Crippen LogP contribution in [0.15, 0.2) is 67.3 Å². The molecule has 0 aliphatic rings. The van der Waals surface area contributed by atoms with Crippen LogP contribution < -0.4 is 0 Å². The molecule has 22 heavy (non-hydrogen) atoms. The molecule has 4 rings (SSSR count). The van der Waals surface area contributed by atoms with E-state index in [1.165, 1.54) is 20.5 Å². The highest BCUT2D eigenvalue weighted by atomic mass is 32.1. The summed E-state index contributed by atoms with van der Waals surface area (Å²) in [7, 11) is 0. The molecule has 0 fully saturated rings. The molecule has 2 heterocycles. The largest absolute Gasteiger partial charge is 0.508 e. The predicted molar refractivity (Wildman–Crippen MR) is 90.3 cm³/mol. The summed E-state index contributed by atoms with van der Waals surface area (Å²) in [6, 6.07) is 16.1. The topological polar surface area (TPSA) is 38.0 Å². The monoisotopic (exact) mass is 306 g/mol. The molecule has 0 saturated heterocycles. The van der Waals surface area contributed by atoms with Gasteiger partial charge in [0.05, 0.1) is 12.9 Å². The third-order valence-corrected chi connectivity index (χ3v) is 4.77. The fourth-order valence-corrected chi connectivity index (χ4v) is 3.62. The minimum Gasteiger partial charge on any atom is -0.508 e. The minimum absolute atomic E-state index is 0.294. The Morgan fingerprint density at radius 3 is 2.59 bits per heavy atom. The number of thiophene rings is 1. The van der Waals surface area contributed by atoms with Gasteiger partial charge in [0, 0.05) is 22.0 Å². The molecule has 2 aromatic heterocycles. The van der Waals surface area contributed by atoms with Gasteiger partial charge in [-0.15, -0.1) is 11.3 Å². The van der Waals surface area contributed by atoms with Crippen molar-refractivity contribution in [1.82, 2.24) is 9.55 Å². The second-order valence-corrected chi connectivity index (χ2v) is 6.42. The number of aromatic nitrogens is 2. The summed E-state index contributed by atoms with van der Waals surface area (Å²) >= 11 is 1.81. The average Bonchev–Trinajstić information content (AvgIpc) is 3.16. The number of imidazole rings is 1. The lowest BCUT2D eigenvalue weighted by Crippen LogP contribution is -1.92. The van der Waals surface area contributed by atoms with Crippen molar-refractivity contribution >= 4 is 21.4 Å². The normalized spacial score (nSPS) is 11.1. The molecule has 0 bridgehead atoms. The molecule has 4 heteroatoms. The number of hydrogen-bond donors (Lipinski definition) is 1. The van der Waals surface area contributed by atoms with E-state index in [2.05, 4.69) is 33.8 Å². The number of nitrogens with zero attached hydrogens (tertiary/aromatic N) is 2.